The van der Waals surface area contributed by atoms with Gasteiger partial charge in [-0.25, -0.2) is 10.4 Å². The first-order chi connectivity index (χ1) is 10.9. The van der Waals surface area contributed by atoms with Gasteiger partial charge < -0.3 is 9.80 Å². The SMILES string of the molecule is CC(=O)N1c2ccccc2N(C(=O)C2CC(C)N(C)N2)C[C@@H]1C. The Hall–Kier alpha value is -1.92. The topological polar surface area (TPSA) is 55.9 Å². The van der Waals surface area contributed by atoms with Crippen LogP contribution in [0.4, 0.5) is 11.4 Å². The molecule has 3 rings (SSSR count). The molecule has 2 aliphatic rings. The number of nitrogens with zero attached hydrogens (tertiary/aromatic N) is 3. The quantitative estimate of drug-likeness (QED) is 0.850. The highest BCUT2D eigenvalue weighted by Crippen LogP contribution is 2.36. The van der Waals surface area contributed by atoms with E-state index in [1.165, 1.54) is 0 Å². The molecule has 1 fully saturated rings. The number of hydrazine groups is 1. The molecule has 2 amide bonds. The summed E-state index contributed by atoms with van der Waals surface area (Å²) in [5.41, 5.74) is 4.87. The molecular weight excluding hydrogens is 292 g/mol. The Morgan fingerprint density at radius 3 is 2.35 bits per heavy atom. The van der Waals surface area contributed by atoms with E-state index in [9.17, 15) is 9.59 Å². The Labute approximate surface area is 137 Å². The van der Waals surface area contributed by atoms with Crippen LogP contribution in [-0.4, -0.2) is 48.5 Å². The third kappa shape index (κ3) is 2.72. The summed E-state index contributed by atoms with van der Waals surface area (Å²) >= 11 is 0. The lowest BCUT2D eigenvalue weighted by Gasteiger charge is -2.41. The summed E-state index contributed by atoms with van der Waals surface area (Å²) < 4.78 is 0. The molecule has 0 spiro atoms. The molecule has 6 heteroatoms. The Morgan fingerprint density at radius 2 is 1.78 bits per heavy atom. The van der Waals surface area contributed by atoms with Crippen molar-refractivity contribution in [2.24, 2.45) is 0 Å². The average molecular weight is 316 g/mol. The maximum atomic E-state index is 13.0. The van der Waals surface area contributed by atoms with E-state index in [4.69, 9.17) is 0 Å². The van der Waals surface area contributed by atoms with Crippen molar-refractivity contribution in [1.82, 2.24) is 10.4 Å². The van der Waals surface area contributed by atoms with Crippen LogP contribution in [-0.2, 0) is 9.59 Å². The molecule has 2 heterocycles. The molecule has 2 unspecified atom stereocenters. The van der Waals surface area contributed by atoms with Crippen LogP contribution in [0.2, 0.25) is 0 Å². The number of fused-ring (bicyclic) bond motifs is 1. The highest BCUT2D eigenvalue weighted by atomic mass is 16.2. The van der Waals surface area contributed by atoms with E-state index < -0.39 is 0 Å². The molecule has 1 N–H and O–H groups in total. The standard InChI is InChI=1S/C17H24N4O2/c1-11-9-14(18-19(11)4)17(23)20-10-12(2)21(13(3)22)16-8-6-5-7-15(16)20/h5-8,11-12,14,18H,9-10H2,1-4H3/t11?,12-,14?/m0/s1. The average Bonchev–Trinajstić information content (AvgIpc) is 2.84. The minimum Gasteiger partial charge on any atom is -0.307 e. The number of carbonyl (C=O) groups is 2. The zero-order valence-electron chi connectivity index (χ0n) is 14.1. The molecule has 0 aromatic heterocycles. The van der Waals surface area contributed by atoms with Crippen molar-refractivity contribution in [3.8, 4) is 0 Å². The summed E-state index contributed by atoms with van der Waals surface area (Å²) in [6.45, 7) is 6.17. The highest BCUT2D eigenvalue weighted by Gasteiger charge is 2.39. The number of hydrogen-bond donors (Lipinski definition) is 1. The van der Waals surface area contributed by atoms with Gasteiger partial charge in [-0.3, -0.25) is 9.59 Å². The van der Waals surface area contributed by atoms with Crippen LogP contribution in [0.15, 0.2) is 24.3 Å². The third-order valence-corrected chi connectivity index (χ3v) is 4.82. The Balaban J connectivity index is 1.93. The van der Waals surface area contributed by atoms with Gasteiger partial charge in [0.15, 0.2) is 0 Å². The van der Waals surface area contributed by atoms with Gasteiger partial charge in [0.1, 0.15) is 6.04 Å². The predicted molar refractivity (Wildman–Crippen MR) is 90.2 cm³/mol. The number of amides is 2. The third-order valence-electron chi connectivity index (χ3n) is 4.82. The summed E-state index contributed by atoms with van der Waals surface area (Å²) in [5.74, 6) is 0.0769. The Bertz CT molecular complexity index is 623. The number of para-hydroxylation sites is 2. The first kappa shape index (κ1) is 16.0. The second kappa shape index (κ2) is 5.94. The van der Waals surface area contributed by atoms with E-state index in [0.29, 0.717) is 12.6 Å². The first-order valence-electron chi connectivity index (χ1n) is 8.09. The van der Waals surface area contributed by atoms with Gasteiger partial charge in [-0.2, -0.15) is 0 Å². The van der Waals surface area contributed by atoms with Crippen molar-refractivity contribution >= 4 is 23.2 Å². The fourth-order valence-electron chi connectivity index (χ4n) is 3.54. The Kier molecular flexibility index (Phi) is 4.12. The van der Waals surface area contributed by atoms with E-state index in [0.717, 1.165) is 17.8 Å². The summed E-state index contributed by atoms with van der Waals surface area (Å²) in [4.78, 5) is 28.6. The van der Waals surface area contributed by atoms with Gasteiger partial charge in [0, 0.05) is 26.6 Å². The van der Waals surface area contributed by atoms with Crippen LogP contribution in [0.5, 0.6) is 0 Å². The van der Waals surface area contributed by atoms with Crippen molar-refractivity contribution in [3.63, 3.8) is 0 Å². The molecule has 0 aliphatic carbocycles. The largest absolute Gasteiger partial charge is 0.307 e. The fraction of sp³-hybridized carbons (Fsp3) is 0.529. The van der Waals surface area contributed by atoms with Crippen LogP contribution < -0.4 is 15.2 Å². The number of anilines is 2. The Morgan fingerprint density at radius 1 is 1.13 bits per heavy atom. The zero-order valence-corrected chi connectivity index (χ0v) is 14.1. The van der Waals surface area contributed by atoms with Crippen LogP contribution in [0.3, 0.4) is 0 Å². The lowest BCUT2D eigenvalue weighted by molar-refractivity contribution is -0.121. The normalized spacial score (nSPS) is 27.9. The summed E-state index contributed by atoms with van der Waals surface area (Å²) in [5, 5.41) is 1.99. The predicted octanol–water partition coefficient (Wildman–Crippen LogP) is 1.37. The molecule has 1 aromatic carbocycles. The number of benzene rings is 1. The molecule has 23 heavy (non-hydrogen) atoms. The van der Waals surface area contributed by atoms with Crippen LogP contribution in [0.25, 0.3) is 0 Å². The van der Waals surface area contributed by atoms with E-state index in [1.54, 1.807) is 11.8 Å². The molecule has 6 nitrogen and oxygen atoms in total. The van der Waals surface area contributed by atoms with Gasteiger partial charge in [-0.1, -0.05) is 12.1 Å². The molecule has 1 aromatic rings. The molecule has 3 atom stereocenters. The molecule has 0 bridgehead atoms. The van der Waals surface area contributed by atoms with Crippen molar-refractivity contribution in [1.29, 1.82) is 0 Å². The van der Waals surface area contributed by atoms with Gasteiger partial charge in [-0.05, 0) is 32.4 Å². The number of hydrogen-bond acceptors (Lipinski definition) is 4. The van der Waals surface area contributed by atoms with E-state index in [1.807, 2.05) is 48.1 Å². The van der Waals surface area contributed by atoms with Gasteiger partial charge in [0.2, 0.25) is 11.8 Å². The fourth-order valence-corrected chi connectivity index (χ4v) is 3.54. The van der Waals surface area contributed by atoms with Crippen molar-refractivity contribution in [3.05, 3.63) is 24.3 Å². The molecule has 124 valence electrons. The van der Waals surface area contributed by atoms with Crippen molar-refractivity contribution in [2.75, 3.05) is 23.4 Å². The lowest BCUT2D eigenvalue weighted by Crippen LogP contribution is -2.55. The first-order valence-corrected chi connectivity index (χ1v) is 8.09. The van der Waals surface area contributed by atoms with Crippen molar-refractivity contribution < 1.29 is 9.59 Å². The molecule has 2 aliphatic heterocycles. The maximum Gasteiger partial charge on any atom is 0.245 e. The monoisotopic (exact) mass is 316 g/mol. The van der Waals surface area contributed by atoms with E-state index in [-0.39, 0.29) is 23.9 Å². The summed E-state index contributed by atoms with van der Waals surface area (Å²) in [7, 11) is 1.96. The highest BCUT2D eigenvalue weighted by molar-refractivity contribution is 6.05. The number of rotatable bonds is 1. The van der Waals surface area contributed by atoms with Gasteiger partial charge in [-0.15, -0.1) is 0 Å². The molecule has 0 saturated carbocycles. The minimum absolute atomic E-state index is 0.00407. The summed E-state index contributed by atoms with van der Waals surface area (Å²) in [6, 6.07) is 7.71. The van der Waals surface area contributed by atoms with Crippen LogP contribution in [0.1, 0.15) is 27.2 Å². The molecular formula is C17H24N4O2. The zero-order chi connectivity index (χ0) is 16.7. The van der Waals surface area contributed by atoms with Crippen molar-refractivity contribution in [2.45, 2.75) is 45.3 Å². The maximum absolute atomic E-state index is 13.0. The van der Waals surface area contributed by atoms with Gasteiger partial charge >= 0.3 is 0 Å². The van der Waals surface area contributed by atoms with E-state index >= 15 is 0 Å². The molecule has 0 radical (unpaired) electrons. The number of carbonyl (C=O) groups excluding carboxylic acids is 2. The van der Waals surface area contributed by atoms with Crippen LogP contribution in [0, 0.1) is 0 Å². The summed E-state index contributed by atoms with van der Waals surface area (Å²) in [6.07, 6.45) is 0.790. The van der Waals surface area contributed by atoms with Gasteiger partial charge in [0.25, 0.3) is 0 Å². The molecule has 1 saturated heterocycles. The van der Waals surface area contributed by atoms with E-state index in [2.05, 4.69) is 12.3 Å². The minimum atomic E-state index is -0.209. The lowest BCUT2D eigenvalue weighted by atomic mass is 10.0. The smallest absolute Gasteiger partial charge is 0.245 e. The van der Waals surface area contributed by atoms with Crippen LogP contribution >= 0.6 is 0 Å². The second-order valence-corrected chi connectivity index (χ2v) is 6.55. The second-order valence-electron chi connectivity index (χ2n) is 6.55. The van der Waals surface area contributed by atoms with Gasteiger partial charge in [0.05, 0.1) is 17.4 Å². The number of nitrogens with one attached hydrogen (secondary N) is 1.